The maximum Gasteiger partial charge on any atom is 0.362 e. The van der Waals surface area contributed by atoms with E-state index >= 15 is 0 Å². The Morgan fingerprint density at radius 3 is 1.50 bits per heavy atom. The van der Waals surface area contributed by atoms with Crippen molar-refractivity contribution in [1.82, 2.24) is 0 Å². The lowest BCUT2D eigenvalue weighted by Gasteiger charge is -2.31. The molecule has 1 N–H and O–H groups in total. The Morgan fingerprint density at radius 1 is 0.619 bits per heavy atom. The monoisotopic (exact) mass is 600 g/mol. The minimum Gasteiger partial charge on any atom is -0.477 e. The molecule has 0 fully saturated rings. The van der Waals surface area contributed by atoms with Gasteiger partial charge in [0.15, 0.2) is 12.1 Å². The maximum atomic E-state index is 12.5. The molecule has 42 heavy (non-hydrogen) atoms. The summed E-state index contributed by atoms with van der Waals surface area (Å²) < 4.78 is 17.0. The van der Waals surface area contributed by atoms with Gasteiger partial charge in [0, 0.05) is 19.3 Å². The maximum absolute atomic E-state index is 12.5. The van der Waals surface area contributed by atoms with Crippen LogP contribution < -0.4 is 0 Å². The van der Waals surface area contributed by atoms with Crippen LogP contribution in [0, 0.1) is 0 Å². The van der Waals surface area contributed by atoms with Crippen molar-refractivity contribution >= 4 is 17.9 Å². The third-order valence-corrected chi connectivity index (χ3v) is 7.76. The van der Waals surface area contributed by atoms with Crippen LogP contribution in [0.15, 0.2) is 0 Å². The molecule has 2 unspecified atom stereocenters. The van der Waals surface area contributed by atoms with Crippen LogP contribution in [0.4, 0.5) is 0 Å². The quantitative estimate of drug-likeness (QED) is 0.0509. The lowest BCUT2D eigenvalue weighted by molar-refractivity contribution is -0.887. The van der Waals surface area contributed by atoms with Crippen molar-refractivity contribution in [2.24, 2.45) is 0 Å². The molecular formula is C34H66NO7+. The van der Waals surface area contributed by atoms with E-state index in [0.29, 0.717) is 19.3 Å². The van der Waals surface area contributed by atoms with E-state index in [9.17, 15) is 19.5 Å². The van der Waals surface area contributed by atoms with Gasteiger partial charge in [0.05, 0.1) is 34.4 Å². The number of quaternary nitrogens is 1. The molecule has 0 saturated heterocycles. The molecule has 0 spiro atoms. The largest absolute Gasteiger partial charge is 0.477 e. The highest BCUT2D eigenvalue weighted by Gasteiger charge is 2.31. The number of ether oxygens (including phenoxy) is 3. The number of unbranched alkanes of at least 4 members (excludes halogenated alkanes) is 16. The number of esters is 2. The van der Waals surface area contributed by atoms with E-state index in [1.54, 1.807) is 0 Å². The number of nitrogens with zero attached hydrogens (tertiary/aromatic N) is 1. The van der Waals surface area contributed by atoms with Gasteiger partial charge < -0.3 is 23.8 Å². The van der Waals surface area contributed by atoms with Gasteiger partial charge >= 0.3 is 17.9 Å². The van der Waals surface area contributed by atoms with E-state index in [2.05, 4.69) is 13.8 Å². The molecule has 0 amide bonds. The Labute approximate surface area is 257 Å². The van der Waals surface area contributed by atoms with Crippen LogP contribution in [-0.2, 0) is 28.6 Å². The van der Waals surface area contributed by atoms with E-state index in [-0.39, 0.29) is 36.2 Å². The van der Waals surface area contributed by atoms with Crippen molar-refractivity contribution in [1.29, 1.82) is 0 Å². The minimum absolute atomic E-state index is 0.0468. The average Bonchev–Trinajstić information content (AvgIpc) is 2.93. The molecule has 0 heterocycles. The number of aliphatic carboxylic acids is 1. The van der Waals surface area contributed by atoms with Gasteiger partial charge in [-0.15, -0.1) is 0 Å². The van der Waals surface area contributed by atoms with Gasteiger partial charge in [-0.2, -0.15) is 0 Å². The molecule has 0 aromatic heterocycles. The summed E-state index contributed by atoms with van der Waals surface area (Å²) in [5.74, 6) is -1.48. The molecule has 8 nitrogen and oxygen atoms in total. The second-order valence-electron chi connectivity index (χ2n) is 12.8. The fourth-order valence-electron chi connectivity index (χ4n) is 5.03. The average molecular weight is 601 g/mol. The van der Waals surface area contributed by atoms with E-state index in [0.717, 1.165) is 44.9 Å². The summed E-state index contributed by atoms with van der Waals surface area (Å²) >= 11 is 0. The zero-order valence-corrected chi connectivity index (χ0v) is 28.0. The molecule has 0 bridgehead atoms. The second-order valence-corrected chi connectivity index (χ2v) is 12.8. The van der Waals surface area contributed by atoms with Crippen molar-refractivity contribution in [3.05, 3.63) is 0 Å². The number of hydrogen-bond donors (Lipinski definition) is 1. The number of carboxylic acid groups (broad SMARTS) is 1. The number of likely N-dealkylation sites (N-methyl/N-ethyl adjacent to an activating group) is 1. The van der Waals surface area contributed by atoms with Gasteiger partial charge in [0.2, 0.25) is 0 Å². The Morgan fingerprint density at radius 2 is 1.05 bits per heavy atom. The molecule has 0 aliphatic rings. The molecule has 0 rings (SSSR count). The zero-order valence-electron chi connectivity index (χ0n) is 28.0. The van der Waals surface area contributed by atoms with Crippen molar-refractivity contribution in [3.63, 3.8) is 0 Å². The van der Waals surface area contributed by atoms with Crippen LogP contribution in [0.1, 0.15) is 149 Å². The minimum atomic E-state index is -0.876. The summed E-state index contributed by atoms with van der Waals surface area (Å²) in [6, 6.07) is -0.604. The highest BCUT2D eigenvalue weighted by atomic mass is 16.6. The third-order valence-electron chi connectivity index (χ3n) is 7.76. The predicted molar refractivity (Wildman–Crippen MR) is 169 cm³/mol. The van der Waals surface area contributed by atoms with Crippen LogP contribution in [0.3, 0.4) is 0 Å². The Bertz CT molecular complexity index is 677. The Hall–Kier alpha value is -1.67. The van der Waals surface area contributed by atoms with Crippen LogP contribution in [0.25, 0.3) is 0 Å². The zero-order chi connectivity index (χ0) is 31.5. The number of rotatable bonds is 30. The molecule has 2 atom stereocenters. The number of carboxylic acids is 1. The van der Waals surface area contributed by atoms with Gasteiger partial charge in [-0.1, -0.05) is 117 Å². The number of hydrogen-bond acceptors (Lipinski definition) is 6. The van der Waals surface area contributed by atoms with Crippen LogP contribution in [-0.4, -0.2) is 80.6 Å². The van der Waals surface area contributed by atoms with Gasteiger partial charge in [-0.3, -0.25) is 9.59 Å². The Balaban J connectivity index is 4.30. The topological polar surface area (TPSA) is 99.1 Å². The normalized spacial score (nSPS) is 13.1. The summed E-state index contributed by atoms with van der Waals surface area (Å²) in [4.78, 5) is 36.3. The lowest BCUT2D eigenvalue weighted by atomic mass is 10.0. The molecule has 0 aliphatic carbocycles. The molecule has 0 aliphatic heterocycles. The van der Waals surface area contributed by atoms with E-state index < -0.39 is 18.1 Å². The van der Waals surface area contributed by atoms with Crippen molar-refractivity contribution in [2.75, 3.05) is 41.0 Å². The highest BCUT2D eigenvalue weighted by Crippen LogP contribution is 2.14. The third kappa shape index (κ3) is 24.9. The first kappa shape index (κ1) is 40.3. The number of carbonyl (C=O) groups is 3. The van der Waals surface area contributed by atoms with Crippen molar-refractivity contribution < 1.29 is 38.2 Å². The van der Waals surface area contributed by atoms with Gasteiger partial charge in [-0.05, 0) is 12.8 Å². The molecule has 0 saturated carbocycles. The SMILES string of the molecule is CCCCCCCCCCCCCCCCC(=O)OC(COCCC(C(=O)O)[N+](C)(C)C)COC(=O)CCCCCC. The summed E-state index contributed by atoms with van der Waals surface area (Å²) in [7, 11) is 5.50. The Kier molecular flexibility index (Phi) is 25.8. The summed E-state index contributed by atoms with van der Waals surface area (Å²) in [6.07, 6.45) is 21.9. The molecule has 8 heteroatoms. The smallest absolute Gasteiger partial charge is 0.362 e. The molecule has 0 aromatic rings. The standard InChI is InChI=1S/C34H65NO7/c1-6-8-10-12-13-14-15-16-17-18-19-20-21-23-25-33(37)42-30(29-41-32(36)24-22-11-9-7-2)28-40-27-26-31(34(38)39)35(3,4)5/h30-31H,6-29H2,1-5H3/p+1. The molecule has 0 aromatic carbocycles. The van der Waals surface area contributed by atoms with Gasteiger partial charge in [-0.25, -0.2) is 4.79 Å². The van der Waals surface area contributed by atoms with Crippen molar-refractivity contribution in [3.8, 4) is 0 Å². The summed E-state index contributed by atoms with van der Waals surface area (Å²) in [5.41, 5.74) is 0. The fourth-order valence-corrected chi connectivity index (χ4v) is 5.03. The number of carbonyl (C=O) groups excluding carboxylic acids is 2. The molecular weight excluding hydrogens is 534 g/mol. The van der Waals surface area contributed by atoms with Crippen molar-refractivity contribution in [2.45, 2.75) is 161 Å². The summed E-state index contributed by atoms with van der Waals surface area (Å²) in [6.45, 7) is 4.61. The lowest BCUT2D eigenvalue weighted by Crippen LogP contribution is -2.50. The van der Waals surface area contributed by atoms with E-state index in [4.69, 9.17) is 14.2 Å². The van der Waals surface area contributed by atoms with E-state index in [1.165, 1.54) is 70.6 Å². The second kappa shape index (κ2) is 26.9. The van der Waals surface area contributed by atoms with Gasteiger partial charge in [0.25, 0.3) is 0 Å². The van der Waals surface area contributed by atoms with Crippen LogP contribution in [0.5, 0.6) is 0 Å². The molecule has 0 radical (unpaired) electrons. The first-order chi connectivity index (χ1) is 20.1. The van der Waals surface area contributed by atoms with Gasteiger partial charge in [0.1, 0.15) is 6.61 Å². The predicted octanol–water partition coefficient (Wildman–Crippen LogP) is 7.85. The van der Waals surface area contributed by atoms with Crippen LogP contribution >= 0.6 is 0 Å². The van der Waals surface area contributed by atoms with E-state index in [1.807, 2.05) is 21.1 Å². The first-order valence-electron chi connectivity index (χ1n) is 17.1. The van der Waals surface area contributed by atoms with Crippen LogP contribution in [0.2, 0.25) is 0 Å². The fraction of sp³-hybridized carbons (Fsp3) is 0.912. The molecule has 248 valence electrons. The highest BCUT2D eigenvalue weighted by molar-refractivity contribution is 5.72. The first-order valence-corrected chi connectivity index (χ1v) is 17.1. The summed E-state index contributed by atoms with van der Waals surface area (Å²) in [5, 5.41) is 9.51.